The molecular weight excluding hydrogens is 306 g/mol. The molecular formula is C20H22ClNO. The molecule has 23 heavy (non-hydrogen) atoms. The number of aryl methyl sites for hydroxylation is 1. The Morgan fingerprint density at radius 2 is 1.65 bits per heavy atom. The van der Waals surface area contributed by atoms with Crippen LogP contribution in [0.5, 0.6) is 0 Å². The van der Waals surface area contributed by atoms with E-state index in [9.17, 15) is 4.79 Å². The van der Waals surface area contributed by atoms with Crippen LogP contribution in [0.25, 0.3) is 0 Å². The number of likely N-dealkylation sites (tertiary alicyclic amines) is 1. The first-order valence-corrected chi connectivity index (χ1v) is 8.67. The molecule has 0 atom stereocenters. The van der Waals surface area contributed by atoms with Crippen LogP contribution in [0.4, 0.5) is 0 Å². The van der Waals surface area contributed by atoms with Gasteiger partial charge in [-0.2, -0.15) is 0 Å². The van der Waals surface area contributed by atoms with Gasteiger partial charge in [-0.05, 0) is 48.4 Å². The molecule has 3 heteroatoms. The highest BCUT2D eigenvalue weighted by Gasteiger charge is 2.23. The van der Waals surface area contributed by atoms with Crippen LogP contribution in [0.2, 0.25) is 5.02 Å². The minimum absolute atomic E-state index is 0.270. The van der Waals surface area contributed by atoms with Crippen molar-refractivity contribution in [3.8, 4) is 0 Å². The van der Waals surface area contributed by atoms with E-state index in [1.165, 1.54) is 11.1 Å². The smallest absolute Gasteiger partial charge is 0.222 e. The lowest BCUT2D eigenvalue weighted by Crippen LogP contribution is -2.38. The lowest BCUT2D eigenvalue weighted by Gasteiger charge is -2.32. The zero-order valence-corrected chi connectivity index (χ0v) is 14.0. The van der Waals surface area contributed by atoms with Crippen molar-refractivity contribution in [1.82, 2.24) is 4.90 Å². The van der Waals surface area contributed by atoms with Crippen LogP contribution >= 0.6 is 11.6 Å². The van der Waals surface area contributed by atoms with Gasteiger partial charge in [-0.25, -0.2) is 0 Å². The van der Waals surface area contributed by atoms with Gasteiger partial charge in [0.1, 0.15) is 0 Å². The summed E-state index contributed by atoms with van der Waals surface area (Å²) in [6.45, 7) is 1.75. The van der Waals surface area contributed by atoms with Crippen LogP contribution in [0, 0.1) is 0 Å². The van der Waals surface area contributed by atoms with E-state index < -0.39 is 0 Å². The Morgan fingerprint density at radius 3 is 2.30 bits per heavy atom. The minimum Gasteiger partial charge on any atom is -0.343 e. The molecule has 1 fully saturated rings. The molecule has 2 aromatic rings. The average molecular weight is 328 g/mol. The number of carbonyl (C=O) groups excluding carboxylic acids is 1. The molecule has 0 radical (unpaired) electrons. The second-order valence-corrected chi connectivity index (χ2v) is 6.63. The largest absolute Gasteiger partial charge is 0.343 e. The lowest BCUT2D eigenvalue weighted by atomic mass is 9.89. The molecule has 120 valence electrons. The van der Waals surface area contributed by atoms with Crippen molar-refractivity contribution in [2.75, 3.05) is 13.1 Å². The van der Waals surface area contributed by atoms with Crippen LogP contribution in [0.1, 0.15) is 36.3 Å². The topological polar surface area (TPSA) is 20.3 Å². The Balaban J connectivity index is 1.47. The molecule has 1 aliphatic heterocycles. The number of halogens is 1. The van der Waals surface area contributed by atoms with Gasteiger partial charge in [0.25, 0.3) is 0 Å². The monoisotopic (exact) mass is 327 g/mol. The third-order valence-corrected chi connectivity index (χ3v) is 4.91. The van der Waals surface area contributed by atoms with Gasteiger partial charge in [0, 0.05) is 24.5 Å². The fourth-order valence-electron chi connectivity index (χ4n) is 3.25. The highest BCUT2D eigenvalue weighted by Crippen LogP contribution is 2.28. The van der Waals surface area contributed by atoms with Crippen LogP contribution < -0.4 is 0 Å². The molecule has 1 aliphatic rings. The fourth-order valence-corrected chi connectivity index (χ4v) is 3.37. The van der Waals surface area contributed by atoms with Crippen molar-refractivity contribution < 1.29 is 4.79 Å². The maximum atomic E-state index is 12.4. The van der Waals surface area contributed by atoms with Crippen LogP contribution in [-0.2, 0) is 11.2 Å². The minimum atomic E-state index is 0.270. The van der Waals surface area contributed by atoms with Crippen molar-refractivity contribution >= 4 is 17.5 Å². The number of hydrogen-bond donors (Lipinski definition) is 0. The predicted molar refractivity (Wildman–Crippen MR) is 94.8 cm³/mol. The predicted octanol–water partition coefficient (Wildman–Crippen LogP) is 4.68. The zero-order chi connectivity index (χ0) is 16.1. The Hall–Kier alpha value is -1.80. The Labute approximate surface area is 143 Å². The van der Waals surface area contributed by atoms with E-state index in [4.69, 9.17) is 11.6 Å². The third kappa shape index (κ3) is 4.35. The van der Waals surface area contributed by atoms with E-state index in [-0.39, 0.29) is 5.91 Å². The Bertz CT molecular complexity index is 630. The maximum absolute atomic E-state index is 12.4. The molecule has 3 rings (SSSR count). The Morgan fingerprint density at radius 1 is 1.00 bits per heavy atom. The molecule has 1 amide bonds. The van der Waals surface area contributed by atoms with Gasteiger partial charge in [0.15, 0.2) is 0 Å². The van der Waals surface area contributed by atoms with Crippen molar-refractivity contribution in [2.24, 2.45) is 0 Å². The first-order chi connectivity index (χ1) is 11.2. The summed E-state index contributed by atoms with van der Waals surface area (Å²) >= 11 is 5.89. The van der Waals surface area contributed by atoms with Crippen LogP contribution in [0.3, 0.4) is 0 Å². The molecule has 2 aromatic carbocycles. The molecule has 1 saturated heterocycles. The van der Waals surface area contributed by atoms with E-state index in [2.05, 4.69) is 30.3 Å². The van der Waals surface area contributed by atoms with Gasteiger partial charge in [-0.3, -0.25) is 4.79 Å². The van der Waals surface area contributed by atoms with Crippen molar-refractivity contribution in [3.05, 3.63) is 70.7 Å². The van der Waals surface area contributed by atoms with Crippen LogP contribution in [-0.4, -0.2) is 23.9 Å². The lowest BCUT2D eigenvalue weighted by molar-refractivity contribution is -0.132. The van der Waals surface area contributed by atoms with Crippen molar-refractivity contribution in [1.29, 1.82) is 0 Å². The summed E-state index contributed by atoms with van der Waals surface area (Å²) in [4.78, 5) is 14.4. The molecule has 0 bridgehead atoms. The average Bonchev–Trinajstić information content (AvgIpc) is 2.62. The fraction of sp³-hybridized carbons (Fsp3) is 0.350. The molecule has 0 aliphatic carbocycles. The van der Waals surface area contributed by atoms with Gasteiger partial charge in [0.2, 0.25) is 5.91 Å². The highest BCUT2D eigenvalue weighted by atomic mass is 35.5. The maximum Gasteiger partial charge on any atom is 0.222 e. The molecule has 0 N–H and O–H groups in total. The number of piperidine rings is 1. The van der Waals surface area contributed by atoms with Crippen LogP contribution in [0.15, 0.2) is 54.6 Å². The van der Waals surface area contributed by atoms with E-state index in [0.717, 1.165) is 37.4 Å². The molecule has 2 nitrogen and oxygen atoms in total. The van der Waals surface area contributed by atoms with Crippen molar-refractivity contribution in [3.63, 3.8) is 0 Å². The summed E-state index contributed by atoms with van der Waals surface area (Å²) in [6.07, 6.45) is 3.50. The van der Waals surface area contributed by atoms with Gasteiger partial charge in [-0.1, -0.05) is 54.1 Å². The SMILES string of the molecule is O=C(CCc1ccc(Cl)cc1)N1CCC(c2ccccc2)CC1. The Kier molecular flexibility index (Phi) is 5.35. The first kappa shape index (κ1) is 16.1. The standard InChI is InChI=1S/C20H22ClNO/c21-19-9-6-16(7-10-19)8-11-20(23)22-14-12-18(13-15-22)17-4-2-1-3-5-17/h1-7,9-10,18H,8,11-15H2. The number of carbonyl (C=O) groups is 1. The number of benzene rings is 2. The highest BCUT2D eigenvalue weighted by molar-refractivity contribution is 6.30. The molecule has 0 unspecified atom stereocenters. The zero-order valence-electron chi connectivity index (χ0n) is 13.2. The molecule has 1 heterocycles. The molecule has 0 saturated carbocycles. The summed E-state index contributed by atoms with van der Waals surface area (Å²) < 4.78 is 0. The number of rotatable bonds is 4. The number of amides is 1. The summed E-state index contributed by atoms with van der Waals surface area (Å²) in [6, 6.07) is 18.4. The van der Waals surface area contributed by atoms with Gasteiger partial charge in [0.05, 0.1) is 0 Å². The number of hydrogen-bond acceptors (Lipinski definition) is 1. The van der Waals surface area contributed by atoms with E-state index in [1.807, 2.05) is 29.2 Å². The summed E-state index contributed by atoms with van der Waals surface area (Å²) in [7, 11) is 0. The van der Waals surface area contributed by atoms with E-state index >= 15 is 0 Å². The van der Waals surface area contributed by atoms with E-state index in [1.54, 1.807) is 0 Å². The van der Waals surface area contributed by atoms with E-state index in [0.29, 0.717) is 12.3 Å². The normalized spacial score (nSPS) is 15.6. The summed E-state index contributed by atoms with van der Waals surface area (Å²) in [5.41, 5.74) is 2.57. The summed E-state index contributed by atoms with van der Waals surface area (Å²) in [5, 5.41) is 0.739. The van der Waals surface area contributed by atoms with Crippen molar-refractivity contribution in [2.45, 2.75) is 31.6 Å². The van der Waals surface area contributed by atoms with Gasteiger partial charge < -0.3 is 4.90 Å². The summed E-state index contributed by atoms with van der Waals surface area (Å²) in [5.74, 6) is 0.864. The number of nitrogens with zero attached hydrogens (tertiary/aromatic N) is 1. The molecule has 0 spiro atoms. The second kappa shape index (κ2) is 7.65. The molecule has 0 aromatic heterocycles. The second-order valence-electron chi connectivity index (χ2n) is 6.19. The quantitative estimate of drug-likeness (QED) is 0.798. The first-order valence-electron chi connectivity index (χ1n) is 8.29. The van der Waals surface area contributed by atoms with Gasteiger partial charge in [-0.15, -0.1) is 0 Å². The van der Waals surface area contributed by atoms with Gasteiger partial charge >= 0.3 is 0 Å². The third-order valence-electron chi connectivity index (χ3n) is 4.66.